The minimum absolute atomic E-state index is 0.153. The smallest absolute Gasteiger partial charge is 0.243 e. The zero-order valence-electron chi connectivity index (χ0n) is 12.1. The molecule has 3 nitrogen and oxygen atoms in total. The molecule has 0 N–H and O–H groups in total. The van der Waals surface area contributed by atoms with Crippen molar-refractivity contribution in [1.82, 2.24) is 5.06 Å². The lowest BCUT2D eigenvalue weighted by Crippen LogP contribution is -2.32. The van der Waals surface area contributed by atoms with Crippen LogP contribution in [0.5, 0.6) is 0 Å². The third-order valence-electron chi connectivity index (χ3n) is 3.14. The Balaban J connectivity index is 2.14. The fourth-order valence-corrected chi connectivity index (χ4v) is 2.10. The molecule has 0 spiro atoms. The molecule has 0 unspecified atom stereocenters. The van der Waals surface area contributed by atoms with E-state index in [-0.39, 0.29) is 11.9 Å². The molecule has 1 amide bonds. The molecule has 0 aliphatic carbocycles. The average molecular weight is 281 g/mol. The summed E-state index contributed by atoms with van der Waals surface area (Å²) in [5.41, 5.74) is 1.98. The van der Waals surface area contributed by atoms with Crippen molar-refractivity contribution in [2.24, 2.45) is 0 Å². The first-order valence-electron chi connectivity index (χ1n) is 6.86. The Morgan fingerprint density at radius 1 is 1.14 bits per heavy atom. The largest absolute Gasteiger partial charge is 0.273 e. The van der Waals surface area contributed by atoms with Crippen molar-refractivity contribution in [1.29, 1.82) is 0 Å². The summed E-state index contributed by atoms with van der Waals surface area (Å²) in [4.78, 5) is 17.6. The summed E-state index contributed by atoms with van der Waals surface area (Å²) in [6.45, 7) is 5.66. The van der Waals surface area contributed by atoms with E-state index in [9.17, 15) is 4.79 Å². The van der Waals surface area contributed by atoms with E-state index in [0.717, 1.165) is 11.1 Å². The summed E-state index contributed by atoms with van der Waals surface area (Å²) in [6.07, 6.45) is 1.71. The number of hydrogen-bond acceptors (Lipinski definition) is 2. The molecule has 0 fully saturated rings. The van der Waals surface area contributed by atoms with Crippen LogP contribution in [0.15, 0.2) is 73.3 Å². The number of carbonyl (C=O) groups is 1. The van der Waals surface area contributed by atoms with Gasteiger partial charge < -0.3 is 0 Å². The molecule has 0 radical (unpaired) electrons. The zero-order valence-corrected chi connectivity index (χ0v) is 12.1. The molecule has 2 rings (SSSR count). The maximum absolute atomic E-state index is 11.9. The number of hydrogen-bond donors (Lipinski definition) is 0. The molecule has 0 heterocycles. The fraction of sp³-hybridized carbons (Fsp3) is 0.167. The minimum Gasteiger partial charge on any atom is -0.273 e. The van der Waals surface area contributed by atoms with E-state index in [2.05, 4.69) is 6.58 Å². The predicted molar refractivity (Wildman–Crippen MR) is 83.1 cm³/mol. The Hall–Kier alpha value is -2.39. The van der Waals surface area contributed by atoms with Crippen LogP contribution in [-0.4, -0.2) is 11.0 Å². The third-order valence-corrected chi connectivity index (χ3v) is 3.14. The molecule has 21 heavy (non-hydrogen) atoms. The quantitative estimate of drug-likeness (QED) is 0.594. The first-order valence-corrected chi connectivity index (χ1v) is 6.86. The topological polar surface area (TPSA) is 29.5 Å². The SMILES string of the molecule is C=C[C@@H](c1ccccc1)N(OCc1ccccc1)C(C)=O. The van der Waals surface area contributed by atoms with Gasteiger partial charge in [-0.3, -0.25) is 9.63 Å². The van der Waals surface area contributed by atoms with E-state index in [1.54, 1.807) is 6.08 Å². The molecule has 0 aliphatic heterocycles. The monoisotopic (exact) mass is 281 g/mol. The van der Waals surface area contributed by atoms with Crippen LogP contribution >= 0.6 is 0 Å². The van der Waals surface area contributed by atoms with Gasteiger partial charge in [0, 0.05) is 6.92 Å². The highest BCUT2D eigenvalue weighted by Crippen LogP contribution is 2.23. The van der Waals surface area contributed by atoms with Crippen LogP contribution in [-0.2, 0) is 16.2 Å². The first-order chi connectivity index (χ1) is 10.2. The predicted octanol–water partition coefficient (Wildman–Crippen LogP) is 3.89. The summed E-state index contributed by atoms with van der Waals surface area (Å²) in [6, 6.07) is 19.2. The first kappa shape index (κ1) is 15.0. The van der Waals surface area contributed by atoms with Crippen LogP contribution in [0.25, 0.3) is 0 Å². The van der Waals surface area contributed by atoms with Crippen LogP contribution in [0, 0.1) is 0 Å². The molecular weight excluding hydrogens is 262 g/mol. The van der Waals surface area contributed by atoms with Crippen molar-refractivity contribution >= 4 is 5.91 Å². The van der Waals surface area contributed by atoms with E-state index in [4.69, 9.17) is 4.84 Å². The van der Waals surface area contributed by atoms with Gasteiger partial charge in [-0.15, -0.1) is 6.58 Å². The molecule has 1 atom stereocenters. The molecule has 3 heteroatoms. The van der Waals surface area contributed by atoms with Gasteiger partial charge in [-0.25, -0.2) is 5.06 Å². The van der Waals surface area contributed by atoms with Crippen LogP contribution in [0.4, 0.5) is 0 Å². The molecule has 0 aliphatic rings. The highest BCUT2D eigenvalue weighted by Gasteiger charge is 2.21. The Kier molecular flexibility index (Phi) is 5.29. The molecule has 0 saturated heterocycles. The molecule has 0 aromatic heterocycles. The molecule has 108 valence electrons. The van der Waals surface area contributed by atoms with E-state index < -0.39 is 0 Å². The van der Waals surface area contributed by atoms with Gasteiger partial charge in [0.1, 0.15) is 12.6 Å². The summed E-state index contributed by atoms with van der Waals surface area (Å²) < 4.78 is 0. The normalized spacial score (nSPS) is 11.7. The van der Waals surface area contributed by atoms with Crippen molar-refractivity contribution in [2.75, 3.05) is 0 Å². The van der Waals surface area contributed by atoms with Crippen molar-refractivity contribution in [3.05, 3.63) is 84.4 Å². The molecule has 2 aromatic carbocycles. The number of benzene rings is 2. The third kappa shape index (κ3) is 4.04. The Bertz CT molecular complexity index is 581. The molecular formula is C18H19NO2. The molecule has 0 saturated carbocycles. The zero-order chi connectivity index (χ0) is 15.1. The molecule has 0 bridgehead atoms. The van der Waals surface area contributed by atoms with Crippen molar-refractivity contribution in [3.63, 3.8) is 0 Å². The van der Waals surface area contributed by atoms with Gasteiger partial charge in [0.2, 0.25) is 5.91 Å². The second-order valence-corrected chi connectivity index (χ2v) is 4.70. The van der Waals surface area contributed by atoms with Crippen LogP contribution < -0.4 is 0 Å². The highest BCUT2D eigenvalue weighted by atomic mass is 16.7. The van der Waals surface area contributed by atoms with Gasteiger partial charge in [-0.1, -0.05) is 66.7 Å². The van der Waals surface area contributed by atoms with Gasteiger partial charge in [0.15, 0.2) is 0 Å². The Morgan fingerprint density at radius 3 is 2.24 bits per heavy atom. The molecule has 2 aromatic rings. The van der Waals surface area contributed by atoms with Gasteiger partial charge in [-0.05, 0) is 11.1 Å². The van der Waals surface area contributed by atoms with Crippen molar-refractivity contribution < 1.29 is 9.63 Å². The van der Waals surface area contributed by atoms with E-state index in [1.165, 1.54) is 12.0 Å². The average Bonchev–Trinajstić information content (AvgIpc) is 2.53. The summed E-state index contributed by atoms with van der Waals surface area (Å²) in [7, 11) is 0. The Morgan fingerprint density at radius 2 is 1.71 bits per heavy atom. The van der Waals surface area contributed by atoms with E-state index in [1.807, 2.05) is 60.7 Å². The van der Waals surface area contributed by atoms with Gasteiger partial charge >= 0.3 is 0 Å². The maximum Gasteiger partial charge on any atom is 0.243 e. The maximum atomic E-state index is 11.9. The lowest BCUT2D eigenvalue weighted by molar-refractivity contribution is -0.199. The highest BCUT2D eigenvalue weighted by molar-refractivity contribution is 5.73. The second kappa shape index (κ2) is 7.41. The fourth-order valence-electron chi connectivity index (χ4n) is 2.10. The lowest BCUT2D eigenvalue weighted by Gasteiger charge is -2.28. The second-order valence-electron chi connectivity index (χ2n) is 4.70. The lowest BCUT2D eigenvalue weighted by atomic mass is 10.1. The number of carbonyl (C=O) groups excluding carboxylic acids is 1. The standard InChI is InChI=1S/C18H19NO2/c1-3-18(17-12-8-5-9-13-17)19(15(2)20)21-14-16-10-6-4-7-11-16/h3-13,18H,1,14H2,2H3/t18-/m0/s1. The van der Waals surface area contributed by atoms with Gasteiger partial charge in [-0.2, -0.15) is 0 Å². The summed E-state index contributed by atoms with van der Waals surface area (Å²) in [5.74, 6) is -0.153. The van der Waals surface area contributed by atoms with Crippen molar-refractivity contribution in [3.8, 4) is 0 Å². The van der Waals surface area contributed by atoms with E-state index in [0.29, 0.717) is 6.61 Å². The van der Waals surface area contributed by atoms with Gasteiger partial charge in [0.25, 0.3) is 0 Å². The van der Waals surface area contributed by atoms with Crippen LogP contribution in [0.3, 0.4) is 0 Å². The Labute approximate surface area is 125 Å². The van der Waals surface area contributed by atoms with Crippen LogP contribution in [0.1, 0.15) is 24.1 Å². The number of amides is 1. The summed E-state index contributed by atoms with van der Waals surface area (Å²) >= 11 is 0. The van der Waals surface area contributed by atoms with Gasteiger partial charge in [0.05, 0.1) is 0 Å². The summed E-state index contributed by atoms with van der Waals surface area (Å²) in [5, 5.41) is 1.37. The number of nitrogens with zero attached hydrogens (tertiary/aromatic N) is 1. The number of hydroxylamine groups is 2. The van der Waals surface area contributed by atoms with Crippen LogP contribution in [0.2, 0.25) is 0 Å². The minimum atomic E-state index is -0.299. The van der Waals surface area contributed by atoms with Crippen molar-refractivity contribution in [2.45, 2.75) is 19.6 Å². The van der Waals surface area contributed by atoms with E-state index >= 15 is 0 Å². The number of rotatable bonds is 6.